The summed E-state index contributed by atoms with van der Waals surface area (Å²) in [5.41, 5.74) is 1.74. The smallest absolute Gasteiger partial charge is 0.371 e. The zero-order valence-electron chi connectivity index (χ0n) is 9.07. The van der Waals surface area contributed by atoms with Crippen LogP contribution in [0.25, 0.3) is 22.3 Å². The van der Waals surface area contributed by atoms with Crippen molar-refractivity contribution in [3.05, 3.63) is 42.1 Å². The first kappa shape index (κ1) is 10.5. The zero-order chi connectivity index (χ0) is 12.7. The van der Waals surface area contributed by atoms with Crippen LogP contribution < -0.4 is 0 Å². The number of nitrogens with zero attached hydrogens (tertiary/aromatic N) is 1. The summed E-state index contributed by atoms with van der Waals surface area (Å²) < 4.78 is 13.5. The molecule has 0 atom stereocenters. The Bertz CT molecular complexity index is 745. The van der Waals surface area contributed by atoms with E-state index in [0.717, 1.165) is 0 Å². The van der Waals surface area contributed by atoms with Gasteiger partial charge in [0, 0.05) is 10.9 Å². The van der Waals surface area contributed by atoms with Crippen LogP contribution in [0, 0.1) is 5.82 Å². The summed E-state index contributed by atoms with van der Waals surface area (Å²) in [5.74, 6) is -1.61. The number of halogens is 1. The molecule has 3 aromatic rings. The highest BCUT2D eigenvalue weighted by Crippen LogP contribution is 2.24. The summed E-state index contributed by atoms with van der Waals surface area (Å²) in [5, 5.41) is 9.22. The van der Waals surface area contributed by atoms with Crippen LogP contribution >= 0.6 is 0 Å². The molecular formula is C12H8FN3O2. The van der Waals surface area contributed by atoms with Gasteiger partial charge < -0.3 is 15.1 Å². The van der Waals surface area contributed by atoms with E-state index in [4.69, 9.17) is 5.11 Å². The van der Waals surface area contributed by atoms with Crippen molar-refractivity contribution in [3.8, 4) is 11.4 Å². The first-order valence-corrected chi connectivity index (χ1v) is 5.21. The van der Waals surface area contributed by atoms with Gasteiger partial charge in [-0.3, -0.25) is 0 Å². The highest BCUT2D eigenvalue weighted by Gasteiger charge is 2.12. The minimum absolute atomic E-state index is 0.149. The van der Waals surface area contributed by atoms with E-state index in [0.29, 0.717) is 22.3 Å². The Morgan fingerprint density at radius 3 is 2.78 bits per heavy atom. The highest BCUT2D eigenvalue weighted by molar-refractivity contribution is 5.87. The second-order valence-corrected chi connectivity index (χ2v) is 3.83. The number of aromatic carboxylic acids is 1. The summed E-state index contributed by atoms with van der Waals surface area (Å²) in [6, 6.07) is 6.34. The molecule has 0 saturated carbocycles. The number of aromatic nitrogens is 3. The molecule has 2 heterocycles. The van der Waals surface area contributed by atoms with Gasteiger partial charge in [0.2, 0.25) is 5.82 Å². The molecule has 0 saturated heterocycles. The lowest BCUT2D eigenvalue weighted by Gasteiger charge is -1.90. The van der Waals surface area contributed by atoms with Crippen LogP contribution in [0.15, 0.2) is 30.5 Å². The van der Waals surface area contributed by atoms with Crippen molar-refractivity contribution >= 4 is 16.9 Å². The SMILES string of the molecule is O=C(O)c1ncc(-c2cc3c(F)cccc3[nH]2)[nH]1. The predicted octanol–water partition coefficient (Wildman–Crippen LogP) is 2.40. The third-order valence-electron chi connectivity index (χ3n) is 2.68. The van der Waals surface area contributed by atoms with Crippen molar-refractivity contribution in [2.24, 2.45) is 0 Å². The molecule has 0 aliphatic rings. The Balaban J connectivity index is 2.13. The number of carboxylic acids is 1. The van der Waals surface area contributed by atoms with E-state index in [2.05, 4.69) is 15.0 Å². The Labute approximate surface area is 100 Å². The maximum absolute atomic E-state index is 13.5. The molecule has 0 aliphatic heterocycles. The normalized spacial score (nSPS) is 10.9. The second-order valence-electron chi connectivity index (χ2n) is 3.83. The monoisotopic (exact) mass is 245 g/mol. The Morgan fingerprint density at radius 1 is 1.28 bits per heavy atom. The van der Waals surface area contributed by atoms with E-state index in [9.17, 15) is 9.18 Å². The quantitative estimate of drug-likeness (QED) is 0.648. The Kier molecular flexibility index (Phi) is 2.16. The molecule has 3 rings (SSSR count). The maximum Gasteiger partial charge on any atom is 0.371 e. The number of H-pyrrole nitrogens is 2. The topological polar surface area (TPSA) is 81.8 Å². The second kappa shape index (κ2) is 3.69. The number of nitrogens with one attached hydrogen (secondary N) is 2. The van der Waals surface area contributed by atoms with Gasteiger partial charge in [-0.2, -0.15) is 0 Å². The van der Waals surface area contributed by atoms with Crippen molar-refractivity contribution in [3.63, 3.8) is 0 Å². The van der Waals surface area contributed by atoms with Crippen LogP contribution in [-0.2, 0) is 0 Å². The van der Waals surface area contributed by atoms with Crippen molar-refractivity contribution < 1.29 is 14.3 Å². The molecule has 1 aromatic carbocycles. The number of benzene rings is 1. The van der Waals surface area contributed by atoms with Crippen molar-refractivity contribution in [1.82, 2.24) is 15.0 Å². The van der Waals surface area contributed by atoms with Gasteiger partial charge in [-0.15, -0.1) is 0 Å². The molecule has 0 aliphatic carbocycles. The van der Waals surface area contributed by atoms with E-state index in [1.165, 1.54) is 12.3 Å². The number of aromatic amines is 2. The molecule has 90 valence electrons. The van der Waals surface area contributed by atoms with Crippen LogP contribution in [-0.4, -0.2) is 26.0 Å². The van der Waals surface area contributed by atoms with Gasteiger partial charge in [0.15, 0.2) is 0 Å². The fourth-order valence-electron chi connectivity index (χ4n) is 1.83. The van der Waals surface area contributed by atoms with Crippen LogP contribution in [0.3, 0.4) is 0 Å². The van der Waals surface area contributed by atoms with Gasteiger partial charge in [-0.25, -0.2) is 14.2 Å². The lowest BCUT2D eigenvalue weighted by atomic mass is 10.2. The van der Waals surface area contributed by atoms with Gasteiger partial charge in [-0.05, 0) is 18.2 Å². The average molecular weight is 245 g/mol. The van der Waals surface area contributed by atoms with E-state index in [1.807, 2.05) is 0 Å². The number of imidazole rings is 1. The molecule has 18 heavy (non-hydrogen) atoms. The van der Waals surface area contributed by atoms with E-state index in [-0.39, 0.29) is 11.6 Å². The maximum atomic E-state index is 13.5. The molecule has 0 bridgehead atoms. The summed E-state index contributed by atoms with van der Waals surface area (Å²) in [4.78, 5) is 20.1. The summed E-state index contributed by atoms with van der Waals surface area (Å²) >= 11 is 0. The third-order valence-corrected chi connectivity index (χ3v) is 2.68. The van der Waals surface area contributed by atoms with E-state index in [1.54, 1.807) is 18.2 Å². The lowest BCUT2D eigenvalue weighted by molar-refractivity contribution is 0.0685. The van der Waals surface area contributed by atoms with Crippen molar-refractivity contribution in [2.75, 3.05) is 0 Å². The van der Waals surface area contributed by atoms with Crippen LogP contribution in [0.1, 0.15) is 10.6 Å². The van der Waals surface area contributed by atoms with E-state index >= 15 is 0 Å². The standard InChI is InChI=1S/C12H8FN3O2/c13-7-2-1-3-8-6(7)4-9(15-8)10-5-14-11(16-10)12(17)18/h1-5,15H,(H,14,16)(H,17,18). The number of hydrogen-bond acceptors (Lipinski definition) is 2. The molecule has 0 spiro atoms. The average Bonchev–Trinajstić information content (AvgIpc) is 2.95. The van der Waals surface area contributed by atoms with Gasteiger partial charge in [-0.1, -0.05) is 6.07 Å². The molecular weight excluding hydrogens is 237 g/mol. The fourth-order valence-corrected chi connectivity index (χ4v) is 1.83. The van der Waals surface area contributed by atoms with Crippen LogP contribution in [0.5, 0.6) is 0 Å². The molecule has 5 nitrogen and oxygen atoms in total. The number of rotatable bonds is 2. The summed E-state index contributed by atoms with van der Waals surface area (Å²) in [6.07, 6.45) is 1.39. The first-order chi connectivity index (χ1) is 8.65. The molecule has 3 N–H and O–H groups in total. The van der Waals surface area contributed by atoms with E-state index < -0.39 is 5.97 Å². The molecule has 0 amide bonds. The molecule has 0 fully saturated rings. The fraction of sp³-hybridized carbons (Fsp3) is 0. The van der Waals surface area contributed by atoms with Gasteiger partial charge >= 0.3 is 5.97 Å². The van der Waals surface area contributed by atoms with Gasteiger partial charge in [0.25, 0.3) is 0 Å². The molecule has 0 unspecified atom stereocenters. The summed E-state index contributed by atoms with van der Waals surface area (Å²) in [7, 11) is 0. The number of hydrogen-bond donors (Lipinski definition) is 3. The number of carbonyl (C=O) groups is 1. The molecule has 0 radical (unpaired) electrons. The number of fused-ring (bicyclic) bond motifs is 1. The minimum Gasteiger partial charge on any atom is -0.475 e. The Hall–Kier alpha value is -2.63. The number of carboxylic acid groups (broad SMARTS) is 1. The molecule has 2 aromatic heterocycles. The highest BCUT2D eigenvalue weighted by atomic mass is 19.1. The van der Waals surface area contributed by atoms with Crippen molar-refractivity contribution in [1.29, 1.82) is 0 Å². The van der Waals surface area contributed by atoms with Crippen LogP contribution in [0.4, 0.5) is 4.39 Å². The minimum atomic E-state index is -1.14. The van der Waals surface area contributed by atoms with Gasteiger partial charge in [0.05, 0.1) is 17.6 Å². The third kappa shape index (κ3) is 1.55. The van der Waals surface area contributed by atoms with Crippen molar-refractivity contribution in [2.45, 2.75) is 0 Å². The Morgan fingerprint density at radius 2 is 2.11 bits per heavy atom. The van der Waals surface area contributed by atoms with Crippen LogP contribution in [0.2, 0.25) is 0 Å². The molecule has 6 heteroatoms. The largest absolute Gasteiger partial charge is 0.475 e. The lowest BCUT2D eigenvalue weighted by Crippen LogP contribution is -1.98. The zero-order valence-corrected chi connectivity index (χ0v) is 9.07. The predicted molar refractivity (Wildman–Crippen MR) is 62.8 cm³/mol. The van der Waals surface area contributed by atoms with Gasteiger partial charge in [0.1, 0.15) is 5.82 Å². The first-order valence-electron chi connectivity index (χ1n) is 5.21. The summed E-state index contributed by atoms with van der Waals surface area (Å²) in [6.45, 7) is 0.